The van der Waals surface area contributed by atoms with Crippen molar-refractivity contribution in [3.05, 3.63) is 161 Å². The van der Waals surface area contributed by atoms with Gasteiger partial charge in [-0.1, -0.05) is 96.6 Å². The van der Waals surface area contributed by atoms with Crippen LogP contribution in [0.2, 0.25) is 0 Å². The number of ketones is 2. The van der Waals surface area contributed by atoms with Crippen LogP contribution in [0.25, 0.3) is 17.7 Å². The number of allylic oxidation sites excluding steroid dienone is 4. The van der Waals surface area contributed by atoms with E-state index in [1.54, 1.807) is 44.6 Å². The fourth-order valence-corrected chi connectivity index (χ4v) is 10.5. The summed E-state index contributed by atoms with van der Waals surface area (Å²) in [5.41, 5.74) is 3.05. The largest absolute Gasteiger partial charge is 0.507 e. The average molecular weight is 828 g/mol. The van der Waals surface area contributed by atoms with E-state index in [-0.39, 0.29) is 53.3 Å². The second-order valence-corrected chi connectivity index (χ2v) is 16.1. The van der Waals surface area contributed by atoms with Gasteiger partial charge in [-0.2, -0.15) is 0 Å². The van der Waals surface area contributed by atoms with Gasteiger partial charge in [0.15, 0.2) is 11.6 Å². The Morgan fingerprint density at radius 3 is 2.06 bits per heavy atom. The summed E-state index contributed by atoms with van der Waals surface area (Å²) in [4.78, 5) is 61.5. The fraction of sp³-hybridized carbons (Fsp3) is 0.231. The van der Waals surface area contributed by atoms with Crippen molar-refractivity contribution in [1.29, 1.82) is 0 Å². The molecule has 6 atom stereocenters. The van der Waals surface area contributed by atoms with E-state index < -0.39 is 35.0 Å². The van der Waals surface area contributed by atoms with E-state index in [0.717, 1.165) is 11.1 Å². The lowest BCUT2D eigenvalue weighted by Gasteiger charge is -2.55. The number of hydrogen-bond donors (Lipinski definition) is 1. The minimum Gasteiger partial charge on any atom is -0.507 e. The van der Waals surface area contributed by atoms with Crippen LogP contribution in [-0.2, 0) is 24.6 Å². The number of nitrogens with zero attached hydrogens (tertiary/aromatic N) is 1. The Kier molecular flexibility index (Phi) is 10.4. The Hall–Kier alpha value is -7.20. The van der Waals surface area contributed by atoms with Gasteiger partial charge in [0, 0.05) is 40.7 Å². The second kappa shape index (κ2) is 16.0. The smallest absolute Gasteiger partial charge is 0.238 e. The number of aromatic hydroxyl groups is 1. The number of ether oxygens (including phenoxy) is 4. The SMILES string of the molecule is COc1ccc(OC)c(C=Cc2ccc(N3C(=O)[C@H]4[C@H](CC=C5[C@H]4C[C@H]4C(=O)C(c6ccccc6)=CC(=O)[C@@]4(c4ccccc4)[C@H]5c4c(O)cc(OC)cc4OC)C3=O)cc2)c1. The van der Waals surface area contributed by atoms with E-state index in [2.05, 4.69) is 0 Å². The Morgan fingerprint density at radius 1 is 0.694 bits per heavy atom. The monoisotopic (exact) mass is 827 g/mol. The highest BCUT2D eigenvalue weighted by Crippen LogP contribution is 2.65. The van der Waals surface area contributed by atoms with Gasteiger partial charge < -0.3 is 24.1 Å². The van der Waals surface area contributed by atoms with Crippen molar-refractivity contribution in [3.8, 4) is 28.7 Å². The van der Waals surface area contributed by atoms with Crippen molar-refractivity contribution in [1.82, 2.24) is 0 Å². The average Bonchev–Trinajstić information content (AvgIpc) is 3.57. The molecule has 0 radical (unpaired) electrons. The number of phenols is 1. The summed E-state index contributed by atoms with van der Waals surface area (Å²) in [6, 6.07) is 34.2. The number of amides is 2. The molecule has 5 aromatic rings. The Labute approximate surface area is 359 Å². The number of hydrogen-bond acceptors (Lipinski definition) is 9. The van der Waals surface area contributed by atoms with Crippen LogP contribution in [0, 0.1) is 23.7 Å². The maximum absolute atomic E-state index is 15.4. The molecule has 2 amide bonds. The molecule has 1 N–H and O–H groups in total. The van der Waals surface area contributed by atoms with E-state index in [4.69, 9.17) is 18.9 Å². The first-order valence-corrected chi connectivity index (χ1v) is 20.6. The molecule has 1 heterocycles. The molecule has 4 aliphatic rings. The molecule has 5 aromatic carbocycles. The van der Waals surface area contributed by atoms with Crippen LogP contribution in [0.3, 0.4) is 0 Å². The lowest BCUT2D eigenvalue weighted by atomic mass is 9.44. The standard InChI is InChI=1S/C52H45NO9/c1-59-35-21-24-43(61-3)32(25-35)18-15-30-16-19-34(20-17-30)53-50(57)38-23-22-37-40(46(38)51(53)58)28-41-49(56)39(31-11-7-5-8-12-31)29-45(55)52(41,33-13-9-6-10-14-33)48(37)47-42(54)26-36(60-2)27-44(47)62-4/h5-22,24-27,29,38,40-41,46,48,54H,23,28H2,1-4H3/t38-,40+,41-,46-,48+,52-/m0/s1. The topological polar surface area (TPSA) is 129 Å². The molecular formula is C52H45NO9. The highest BCUT2D eigenvalue weighted by atomic mass is 16.5. The molecule has 2 fully saturated rings. The number of rotatable bonds is 10. The first kappa shape index (κ1) is 40.2. The summed E-state index contributed by atoms with van der Waals surface area (Å²) in [5.74, 6) is -3.58. The van der Waals surface area contributed by atoms with Crippen molar-refractivity contribution in [2.24, 2.45) is 23.7 Å². The number of Topliss-reactive ketones (excluding diaryl/α,β-unsaturated/α-hetero) is 1. The Morgan fingerprint density at radius 2 is 1.39 bits per heavy atom. The third kappa shape index (κ3) is 6.31. The van der Waals surface area contributed by atoms with Crippen LogP contribution < -0.4 is 23.8 Å². The maximum atomic E-state index is 15.4. The predicted molar refractivity (Wildman–Crippen MR) is 235 cm³/mol. The number of benzene rings is 5. The van der Waals surface area contributed by atoms with Crippen molar-refractivity contribution in [3.63, 3.8) is 0 Å². The number of carbonyl (C=O) groups is 4. The van der Waals surface area contributed by atoms with Gasteiger partial charge in [-0.15, -0.1) is 0 Å². The summed E-state index contributed by atoms with van der Waals surface area (Å²) in [5, 5.41) is 12.0. The van der Waals surface area contributed by atoms with Crippen molar-refractivity contribution < 1.29 is 43.2 Å². The number of carbonyl (C=O) groups excluding carboxylic acids is 4. The molecule has 0 spiro atoms. The summed E-state index contributed by atoms with van der Waals surface area (Å²) < 4.78 is 22.4. The zero-order valence-corrected chi connectivity index (χ0v) is 34.7. The first-order chi connectivity index (χ1) is 30.1. The minimum atomic E-state index is -1.55. The van der Waals surface area contributed by atoms with E-state index in [1.165, 1.54) is 31.3 Å². The van der Waals surface area contributed by atoms with E-state index in [1.807, 2.05) is 97.1 Å². The van der Waals surface area contributed by atoms with Crippen LogP contribution in [-0.4, -0.2) is 56.9 Å². The van der Waals surface area contributed by atoms with Gasteiger partial charge in [0.05, 0.1) is 51.4 Å². The number of phenolic OH excluding ortho intramolecular Hbond substituents is 1. The second-order valence-electron chi connectivity index (χ2n) is 16.1. The quantitative estimate of drug-likeness (QED) is 0.0836. The lowest BCUT2D eigenvalue weighted by molar-refractivity contribution is -0.135. The van der Waals surface area contributed by atoms with Crippen LogP contribution in [0.4, 0.5) is 5.69 Å². The molecule has 0 bridgehead atoms. The number of anilines is 1. The summed E-state index contributed by atoms with van der Waals surface area (Å²) in [6.45, 7) is 0. The predicted octanol–water partition coefficient (Wildman–Crippen LogP) is 8.63. The highest BCUT2D eigenvalue weighted by molar-refractivity contribution is 6.32. The molecule has 1 aliphatic heterocycles. The zero-order chi connectivity index (χ0) is 43.3. The molecule has 10 heteroatoms. The first-order valence-electron chi connectivity index (χ1n) is 20.6. The van der Waals surface area contributed by atoms with Gasteiger partial charge in [0.2, 0.25) is 11.8 Å². The summed E-state index contributed by atoms with van der Waals surface area (Å²) in [7, 11) is 6.16. The molecule has 3 aliphatic carbocycles. The summed E-state index contributed by atoms with van der Waals surface area (Å²) >= 11 is 0. The Bertz CT molecular complexity index is 2700. The summed E-state index contributed by atoms with van der Waals surface area (Å²) in [6.07, 6.45) is 7.58. The van der Waals surface area contributed by atoms with Crippen LogP contribution in [0.15, 0.2) is 133 Å². The maximum Gasteiger partial charge on any atom is 0.238 e. The third-order valence-electron chi connectivity index (χ3n) is 13.3. The van der Waals surface area contributed by atoms with E-state index in [0.29, 0.717) is 45.2 Å². The van der Waals surface area contributed by atoms with Crippen LogP contribution >= 0.6 is 0 Å². The van der Waals surface area contributed by atoms with Gasteiger partial charge in [-0.3, -0.25) is 24.1 Å². The van der Waals surface area contributed by atoms with Crippen LogP contribution in [0.5, 0.6) is 28.7 Å². The van der Waals surface area contributed by atoms with Crippen molar-refractivity contribution in [2.45, 2.75) is 24.2 Å². The molecular weight excluding hydrogens is 783 g/mol. The van der Waals surface area contributed by atoms with Crippen LogP contribution in [0.1, 0.15) is 46.6 Å². The van der Waals surface area contributed by atoms with Gasteiger partial charge in [0.25, 0.3) is 0 Å². The fourth-order valence-electron chi connectivity index (χ4n) is 10.5. The minimum absolute atomic E-state index is 0.122. The van der Waals surface area contributed by atoms with Gasteiger partial charge in [-0.25, -0.2) is 0 Å². The zero-order valence-electron chi connectivity index (χ0n) is 34.7. The van der Waals surface area contributed by atoms with Gasteiger partial charge in [-0.05, 0) is 71.9 Å². The van der Waals surface area contributed by atoms with E-state index in [9.17, 15) is 14.7 Å². The Balaban J connectivity index is 1.16. The van der Waals surface area contributed by atoms with Gasteiger partial charge in [0.1, 0.15) is 28.7 Å². The molecule has 312 valence electrons. The van der Waals surface area contributed by atoms with Crippen molar-refractivity contribution in [2.75, 3.05) is 33.3 Å². The highest BCUT2D eigenvalue weighted by Gasteiger charge is 2.66. The molecule has 10 nitrogen and oxygen atoms in total. The number of fused-ring (bicyclic) bond motifs is 4. The molecule has 1 saturated carbocycles. The molecule has 0 unspecified atom stereocenters. The molecule has 1 saturated heterocycles. The lowest BCUT2D eigenvalue weighted by Crippen LogP contribution is -2.58. The normalized spacial score (nSPS) is 24.2. The molecule has 62 heavy (non-hydrogen) atoms. The molecule has 0 aromatic heterocycles. The number of imide groups is 1. The molecule has 9 rings (SSSR count). The van der Waals surface area contributed by atoms with E-state index >= 15 is 9.59 Å². The number of methoxy groups -OCH3 is 4. The van der Waals surface area contributed by atoms with Gasteiger partial charge >= 0.3 is 0 Å². The van der Waals surface area contributed by atoms with Crippen molar-refractivity contribution >= 4 is 46.8 Å². The third-order valence-corrected chi connectivity index (χ3v) is 13.3.